The number of hydrogen-bond acceptors (Lipinski definition) is 5. The summed E-state index contributed by atoms with van der Waals surface area (Å²) in [5.74, 6) is 2.55. The molecule has 160 valence electrons. The number of aromatic nitrogens is 2. The first kappa shape index (κ1) is 23.4. The van der Waals surface area contributed by atoms with Crippen LogP contribution < -0.4 is 15.4 Å². The van der Waals surface area contributed by atoms with Crippen molar-refractivity contribution in [1.82, 2.24) is 20.8 Å². The quantitative estimate of drug-likeness (QED) is 0.325. The maximum Gasteiger partial charge on any atom is 0.213 e. The minimum absolute atomic E-state index is 0. The molecule has 3 rings (SSSR count). The van der Waals surface area contributed by atoms with Crippen LogP contribution >= 0.6 is 24.0 Å². The van der Waals surface area contributed by atoms with Crippen molar-refractivity contribution >= 4 is 29.9 Å². The maximum atomic E-state index is 6.05. The Morgan fingerprint density at radius 2 is 1.97 bits per heavy atom. The molecule has 2 aromatic heterocycles. The molecule has 1 aliphatic rings. The minimum Gasteiger partial charge on any atom is -0.474 e. The molecule has 0 amide bonds. The van der Waals surface area contributed by atoms with Gasteiger partial charge >= 0.3 is 0 Å². The van der Waals surface area contributed by atoms with Gasteiger partial charge in [0.15, 0.2) is 11.7 Å². The fourth-order valence-corrected chi connectivity index (χ4v) is 3.24. The minimum atomic E-state index is 0. The molecule has 0 spiro atoms. The van der Waals surface area contributed by atoms with E-state index in [1.54, 1.807) is 13.2 Å². The van der Waals surface area contributed by atoms with E-state index in [0.717, 1.165) is 29.9 Å². The number of pyridine rings is 1. The number of nitrogens with one attached hydrogen (secondary N) is 2. The second-order valence-corrected chi connectivity index (χ2v) is 7.53. The molecule has 1 fully saturated rings. The number of nitrogens with zero attached hydrogens (tertiary/aromatic N) is 3. The Hall–Kier alpha value is -1.84. The highest BCUT2D eigenvalue weighted by Crippen LogP contribution is 2.22. The Balaban J connectivity index is 0.00000300. The van der Waals surface area contributed by atoms with Crippen molar-refractivity contribution in [2.45, 2.75) is 71.1 Å². The first-order valence-electron chi connectivity index (χ1n) is 10.2. The van der Waals surface area contributed by atoms with E-state index in [-0.39, 0.29) is 24.0 Å². The standard InChI is InChI=1S/C21H31N5O2.HI/c1-15(2)19-12-18(28-26-19)14-25-21(22-3)24-13-16-9-10-23-20(11-16)27-17-7-5-4-6-8-17;/h9-12,15,17H,4-8,13-14H2,1-3H3,(H2,22,24,25);1H. The number of aliphatic imine (C=N–C) groups is 1. The number of ether oxygens (including phenoxy) is 1. The van der Waals surface area contributed by atoms with Crippen LogP contribution in [0.3, 0.4) is 0 Å². The van der Waals surface area contributed by atoms with Gasteiger partial charge in [-0.25, -0.2) is 4.98 Å². The van der Waals surface area contributed by atoms with E-state index in [4.69, 9.17) is 9.26 Å². The van der Waals surface area contributed by atoms with Gasteiger partial charge in [-0.3, -0.25) is 4.99 Å². The second-order valence-electron chi connectivity index (χ2n) is 7.53. The lowest BCUT2D eigenvalue weighted by molar-refractivity contribution is 0.148. The maximum absolute atomic E-state index is 6.05. The molecule has 1 saturated carbocycles. The van der Waals surface area contributed by atoms with Crippen LogP contribution in [0.25, 0.3) is 0 Å². The third-order valence-corrected chi connectivity index (χ3v) is 4.92. The SMILES string of the molecule is CN=C(NCc1ccnc(OC2CCCCC2)c1)NCc1cc(C(C)C)no1.I. The molecule has 0 saturated heterocycles. The van der Waals surface area contributed by atoms with Crippen LogP contribution in [0.4, 0.5) is 0 Å². The Morgan fingerprint density at radius 3 is 2.66 bits per heavy atom. The van der Waals surface area contributed by atoms with Gasteiger partial charge in [0, 0.05) is 31.9 Å². The zero-order valence-electron chi connectivity index (χ0n) is 17.5. The molecule has 2 aromatic rings. The van der Waals surface area contributed by atoms with Crippen molar-refractivity contribution in [2.24, 2.45) is 4.99 Å². The average molecular weight is 513 g/mol. The second kappa shape index (κ2) is 12.0. The summed E-state index contributed by atoms with van der Waals surface area (Å²) in [6.07, 6.45) is 8.16. The van der Waals surface area contributed by atoms with Crippen molar-refractivity contribution in [3.8, 4) is 5.88 Å². The van der Waals surface area contributed by atoms with Crippen LogP contribution in [-0.4, -0.2) is 29.3 Å². The van der Waals surface area contributed by atoms with Gasteiger partial charge in [-0.15, -0.1) is 24.0 Å². The van der Waals surface area contributed by atoms with Crippen molar-refractivity contribution < 1.29 is 9.26 Å². The predicted molar refractivity (Wildman–Crippen MR) is 125 cm³/mol. The lowest BCUT2D eigenvalue weighted by atomic mass is 9.98. The average Bonchev–Trinajstić information content (AvgIpc) is 3.19. The molecule has 2 heterocycles. The summed E-state index contributed by atoms with van der Waals surface area (Å²) < 4.78 is 11.4. The Kier molecular flexibility index (Phi) is 9.69. The highest BCUT2D eigenvalue weighted by Gasteiger charge is 2.15. The Labute approximate surface area is 190 Å². The van der Waals surface area contributed by atoms with E-state index < -0.39 is 0 Å². The smallest absolute Gasteiger partial charge is 0.213 e. The Morgan fingerprint density at radius 1 is 1.21 bits per heavy atom. The third kappa shape index (κ3) is 7.49. The summed E-state index contributed by atoms with van der Waals surface area (Å²) in [5.41, 5.74) is 2.06. The molecule has 1 aliphatic carbocycles. The monoisotopic (exact) mass is 513 g/mol. The zero-order chi connectivity index (χ0) is 19.8. The lowest BCUT2D eigenvalue weighted by Crippen LogP contribution is -2.36. The number of hydrogen-bond donors (Lipinski definition) is 2. The van der Waals surface area contributed by atoms with Crippen LogP contribution in [0.15, 0.2) is 33.9 Å². The van der Waals surface area contributed by atoms with Crippen LogP contribution in [0.5, 0.6) is 5.88 Å². The van der Waals surface area contributed by atoms with Gasteiger partial charge in [-0.1, -0.05) is 25.4 Å². The molecular weight excluding hydrogens is 481 g/mol. The van der Waals surface area contributed by atoms with E-state index in [1.807, 2.05) is 18.2 Å². The molecule has 2 N–H and O–H groups in total. The molecular formula is C21H32IN5O2. The number of rotatable bonds is 7. The van der Waals surface area contributed by atoms with Crippen molar-refractivity contribution in [3.05, 3.63) is 41.4 Å². The van der Waals surface area contributed by atoms with Crippen LogP contribution in [0.1, 0.15) is 68.9 Å². The summed E-state index contributed by atoms with van der Waals surface area (Å²) >= 11 is 0. The van der Waals surface area contributed by atoms with Gasteiger partial charge in [0.2, 0.25) is 5.88 Å². The molecule has 0 unspecified atom stereocenters. The lowest BCUT2D eigenvalue weighted by Gasteiger charge is -2.22. The van der Waals surface area contributed by atoms with Gasteiger partial charge in [0.05, 0.1) is 12.2 Å². The molecule has 7 nitrogen and oxygen atoms in total. The normalized spacial score (nSPS) is 15.1. The van der Waals surface area contributed by atoms with Gasteiger partial charge in [0.25, 0.3) is 0 Å². The van der Waals surface area contributed by atoms with Gasteiger partial charge in [-0.2, -0.15) is 0 Å². The van der Waals surface area contributed by atoms with E-state index in [1.165, 1.54) is 19.3 Å². The van der Waals surface area contributed by atoms with Crippen molar-refractivity contribution in [1.29, 1.82) is 0 Å². The van der Waals surface area contributed by atoms with Crippen LogP contribution in [-0.2, 0) is 13.1 Å². The molecule has 0 aliphatic heterocycles. The first-order valence-corrected chi connectivity index (χ1v) is 10.2. The summed E-state index contributed by atoms with van der Waals surface area (Å²) in [5, 5.41) is 10.6. The van der Waals surface area contributed by atoms with E-state index in [9.17, 15) is 0 Å². The molecule has 0 radical (unpaired) electrons. The van der Waals surface area contributed by atoms with Crippen molar-refractivity contribution in [2.75, 3.05) is 7.05 Å². The largest absolute Gasteiger partial charge is 0.474 e. The fourth-order valence-electron chi connectivity index (χ4n) is 3.24. The van der Waals surface area contributed by atoms with Gasteiger partial charge in [-0.05, 0) is 43.2 Å². The summed E-state index contributed by atoms with van der Waals surface area (Å²) in [6, 6.07) is 5.96. The summed E-state index contributed by atoms with van der Waals surface area (Å²) in [6.45, 7) is 5.36. The first-order chi connectivity index (χ1) is 13.6. The molecule has 0 bridgehead atoms. The highest BCUT2D eigenvalue weighted by atomic mass is 127. The molecule has 8 heteroatoms. The predicted octanol–water partition coefficient (Wildman–Crippen LogP) is 4.39. The summed E-state index contributed by atoms with van der Waals surface area (Å²) in [7, 11) is 1.75. The van der Waals surface area contributed by atoms with Crippen LogP contribution in [0, 0.1) is 0 Å². The molecule has 0 atom stereocenters. The van der Waals surface area contributed by atoms with Gasteiger partial charge < -0.3 is 19.9 Å². The summed E-state index contributed by atoms with van der Waals surface area (Å²) in [4.78, 5) is 8.62. The van der Waals surface area contributed by atoms with Crippen LogP contribution in [0.2, 0.25) is 0 Å². The fraction of sp³-hybridized carbons (Fsp3) is 0.571. The highest BCUT2D eigenvalue weighted by molar-refractivity contribution is 14.0. The number of guanidine groups is 1. The topological polar surface area (TPSA) is 84.6 Å². The van der Waals surface area contributed by atoms with E-state index in [0.29, 0.717) is 37.0 Å². The third-order valence-electron chi connectivity index (χ3n) is 4.92. The Bertz CT molecular complexity index is 772. The van der Waals surface area contributed by atoms with Gasteiger partial charge in [0.1, 0.15) is 6.10 Å². The van der Waals surface area contributed by atoms with Crippen molar-refractivity contribution in [3.63, 3.8) is 0 Å². The molecule has 29 heavy (non-hydrogen) atoms. The van der Waals surface area contributed by atoms with E-state index in [2.05, 4.69) is 39.6 Å². The number of halogens is 1. The van der Waals surface area contributed by atoms with E-state index >= 15 is 0 Å². The zero-order valence-corrected chi connectivity index (χ0v) is 19.8. The molecule has 0 aromatic carbocycles.